The Balaban J connectivity index is 1.72. The highest BCUT2D eigenvalue weighted by atomic mass is 15.6. The van der Waals surface area contributed by atoms with Gasteiger partial charge in [0.05, 0.1) is 13.2 Å². The van der Waals surface area contributed by atoms with Gasteiger partial charge in [-0.15, -0.1) is 10.2 Å². The topological polar surface area (TPSA) is 147 Å². The van der Waals surface area contributed by atoms with Gasteiger partial charge >= 0.3 is 0 Å². The van der Waals surface area contributed by atoms with E-state index in [9.17, 15) is 0 Å². The lowest BCUT2D eigenvalue weighted by Gasteiger charge is -2.04. The van der Waals surface area contributed by atoms with E-state index in [-0.39, 0.29) is 17.9 Å². The molecule has 0 amide bonds. The Kier molecular flexibility index (Phi) is 2.58. The number of aromatic amines is 3. The summed E-state index contributed by atoms with van der Waals surface area (Å²) in [4.78, 5) is 15.0. The molecule has 0 unspecified atom stereocenters. The number of H-pyrrole nitrogens is 3. The van der Waals surface area contributed by atoms with Crippen molar-refractivity contribution in [3.05, 3.63) is 43.2 Å². The fourth-order valence-corrected chi connectivity index (χ4v) is 2.47. The zero-order chi connectivity index (χ0) is 17.5. The van der Waals surface area contributed by atoms with Gasteiger partial charge < -0.3 is 9.97 Å². The van der Waals surface area contributed by atoms with E-state index in [1.807, 2.05) is 18.3 Å². The Morgan fingerprint density at radius 3 is 2.88 bits per heavy atom. The summed E-state index contributed by atoms with van der Waals surface area (Å²) in [6.45, 7) is 0. The zero-order valence-corrected chi connectivity index (χ0v) is 12.5. The largest absolute Gasteiger partial charge is 0.360 e. The van der Waals surface area contributed by atoms with Crippen molar-refractivity contribution in [1.82, 2.24) is 60.1 Å². The third-order valence-corrected chi connectivity index (χ3v) is 3.53. The first-order valence-electron chi connectivity index (χ1n) is 7.70. The molecule has 122 valence electrons. The monoisotopic (exact) mass is 335 g/mol. The van der Waals surface area contributed by atoms with Gasteiger partial charge in [-0.3, -0.25) is 4.57 Å². The number of hydrogen-bond donors (Lipinski definition) is 3. The molecule has 0 radical (unpaired) electrons. The smallest absolute Gasteiger partial charge is 0.291 e. The van der Waals surface area contributed by atoms with E-state index in [0.717, 1.165) is 5.69 Å². The molecule has 0 aliphatic heterocycles. The van der Waals surface area contributed by atoms with Gasteiger partial charge in [-0.05, 0) is 17.3 Å². The number of imidazole rings is 2. The van der Waals surface area contributed by atoms with Crippen LogP contribution < -0.4 is 0 Å². The molecule has 5 aromatic heterocycles. The van der Waals surface area contributed by atoms with Crippen LogP contribution in [0.1, 0.15) is 1.37 Å². The molecule has 0 saturated carbocycles. The van der Waals surface area contributed by atoms with Crippen LogP contribution in [0.15, 0.2) is 43.2 Å². The van der Waals surface area contributed by atoms with Crippen LogP contribution in [0, 0.1) is 0 Å². The van der Waals surface area contributed by atoms with Gasteiger partial charge in [0.1, 0.15) is 17.7 Å². The summed E-state index contributed by atoms with van der Waals surface area (Å²) in [5.41, 5.74) is 2.12. The van der Waals surface area contributed by atoms with Crippen LogP contribution in [0.25, 0.3) is 34.7 Å². The molecular formula is C13H10N12. The lowest BCUT2D eigenvalue weighted by atomic mass is 10.2. The fraction of sp³-hybridized carbons (Fsp3) is 0. The first-order valence-corrected chi connectivity index (χ1v) is 7.20. The highest BCUT2D eigenvalue weighted by Gasteiger charge is 2.20. The molecule has 3 N–H and O–H groups in total. The number of tetrazole rings is 1. The maximum Gasteiger partial charge on any atom is 0.291 e. The predicted octanol–water partition coefficient (Wildman–Crippen LogP) is 0.351. The number of hydrogen-bond acceptors (Lipinski definition) is 7. The minimum Gasteiger partial charge on any atom is -0.360 e. The van der Waals surface area contributed by atoms with Crippen LogP contribution in [-0.2, 0) is 0 Å². The van der Waals surface area contributed by atoms with Gasteiger partial charge in [0.2, 0.25) is 0 Å². The second-order valence-electron chi connectivity index (χ2n) is 4.98. The fourth-order valence-electron chi connectivity index (χ4n) is 2.47. The molecule has 0 atom stereocenters. The minimum absolute atomic E-state index is 0.0189. The summed E-state index contributed by atoms with van der Waals surface area (Å²) >= 11 is 0. The van der Waals surface area contributed by atoms with Crippen molar-refractivity contribution in [2.75, 3.05) is 0 Å². The third kappa shape index (κ3) is 2.12. The van der Waals surface area contributed by atoms with Crippen molar-refractivity contribution in [1.29, 1.82) is 0 Å². The molecule has 12 heteroatoms. The summed E-state index contributed by atoms with van der Waals surface area (Å²) in [7, 11) is 0. The average Bonchev–Trinajstić information content (AvgIpc) is 3.43. The van der Waals surface area contributed by atoms with E-state index in [2.05, 4.69) is 50.9 Å². The average molecular weight is 335 g/mol. The van der Waals surface area contributed by atoms with Crippen LogP contribution in [0.4, 0.5) is 0 Å². The highest BCUT2D eigenvalue weighted by molar-refractivity contribution is 5.74. The second kappa shape index (κ2) is 5.23. The minimum atomic E-state index is -0.0189. The van der Waals surface area contributed by atoms with Crippen molar-refractivity contribution in [2.45, 2.75) is 0 Å². The van der Waals surface area contributed by atoms with Gasteiger partial charge in [0.25, 0.3) is 5.95 Å². The van der Waals surface area contributed by atoms with E-state index < -0.39 is 0 Å². The molecule has 0 aliphatic rings. The zero-order valence-electron chi connectivity index (χ0n) is 13.5. The summed E-state index contributed by atoms with van der Waals surface area (Å²) in [5.74, 6) is 0.963. The molecule has 5 heterocycles. The molecule has 0 fully saturated rings. The molecule has 0 saturated heterocycles. The molecule has 12 nitrogen and oxygen atoms in total. The van der Waals surface area contributed by atoms with Crippen LogP contribution in [-0.4, -0.2) is 60.1 Å². The van der Waals surface area contributed by atoms with Crippen molar-refractivity contribution >= 4 is 0 Å². The van der Waals surface area contributed by atoms with E-state index in [0.29, 0.717) is 17.2 Å². The van der Waals surface area contributed by atoms with Crippen LogP contribution in [0.3, 0.4) is 0 Å². The Morgan fingerprint density at radius 1 is 1.12 bits per heavy atom. The lowest BCUT2D eigenvalue weighted by molar-refractivity contribution is 0.755. The van der Waals surface area contributed by atoms with Crippen molar-refractivity contribution in [3.8, 4) is 34.7 Å². The quantitative estimate of drug-likeness (QED) is 0.429. The SMILES string of the molecule is [2H]c1c(-n2cnc(-c3ccc[nH]3)c2-c2ncc[nH]2)nnn1-c1nn[nH]n1. The summed E-state index contributed by atoms with van der Waals surface area (Å²) in [6.07, 6.45) is 6.71. The molecule has 5 rings (SSSR count). The molecule has 0 spiro atoms. The number of rotatable bonds is 4. The molecule has 5 aromatic rings. The number of nitrogens with zero attached hydrogens (tertiary/aromatic N) is 9. The summed E-state index contributed by atoms with van der Waals surface area (Å²) < 4.78 is 11.2. The van der Waals surface area contributed by atoms with E-state index in [1.54, 1.807) is 23.3 Å². The Bertz CT molecular complexity index is 1130. The summed E-state index contributed by atoms with van der Waals surface area (Å²) in [5, 5.41) is 21.4. The molecule has 0 aromatic carbocycles. The van der Waals surface area contributed by atoms with Crippen molar-refractivity contribution < 1.29 is 1.37 Å². The van der Waals surface area contributed by atoms with Crippen LogP contribution >= 0.6 is 0 Å². The Labute approximate surface area is 140 Å². The third-order valence-electron chi connectivity index (χ3n) is 3.53. The van der Waals surface area contributed by atoms with Gasteiger partial charge in [-0.25, -0.2) is 9.97 Å². The molecular weight excluding hydrogens is 324 g/mol. The second-order valence-corrected chi connectivity index (χ2v) is 4.98. The standard InChI is InChI=1S/C13H10N12/c1-2-8(14-3-1)10-11(12-15-4-5-16-12)24(7-17-10)9-6-25(23-18-9)13-19-21-22-20-13/h1-7,14H,(H,15,16)(H,19,20,21,22)/i6D. The maximum atomic E-state index is 8.38. The molecule has 0 aliphatic carbocycles. The van der Waals surface area contributed by atoms with E-state index in [4.69, 9.17) is 1.37 Å². The van der Waals surface area contributed by atoms with Crippen molar-refractivity contribution in [2.24, 2.45) is 0 Å². The van der Waals surface area contributed by atoms with Crippen molar-refractivity contribution in [3.63, 3.8) is 0 Å². The van der Waals surface area contributed by atoms with Gasteiger partial charge in [-0.1, -0.05) is 10.3 Å². The first kappa shape index (κ1) is 12.3. The van der Waals surface area contributed by atoms with E-state index >= 15 is 0 Å². The Hall–Kier alpha value is -4.09. The summed E-state index contributed by atoms with van der Waals surface area (Å²) in [6, 6.07) is 3.78. The Morgan fingerprint density at radius 2 is 2.12 bits per heavy atom. The lowest BCUT2D eigenvalue weighted by Crippen LogP contribution is -1.98. The van der Waals surface area contributed by atoms with Gasteiger partial charge in [0, 0.05) is 18.6 Å². The van der Waals surface area contributed by atoms with Crippen LogP contribution in [0.5, 0.6) is 0 Å². The number of nitrogens with one attached hydrogen (secondary N) is 3. The first-order chi connectivity index (χ1) is 12.8. The number of aromatic nitrogens is 12. The highest BCUT2D eigenvalue weighted by Crippen LogP contribution is 2.29. The molecule has 25 heavy (non-hydrogen) atoms. The van der Waals surface area contributed by atoms with Crippen LogP contribution in [0.2, 0.25) is 0 Å². The normalized spacial score (nSPS) is 11.8. The molecule has 0 bridgehead atoms. The predicted molar refractivity (Wildman–Crippen MR) is 83.6 cm³/mol. The van der Waals surface area contributed by atoms with E-state index in [1.165, 1.54) is 4.68 Å². The van der Waals surface area contributed by atoms with Gasteiger partial charge in [-0.2, -0.15) is 9.90 Å². The van der Waals surface area contributed by atoms with Gasteiger partial charge in [0.15, 0.2) is 11.6 Å². The maximum absolute atomic E-state index is 8.38.